The summed E-state index contributed by atoms with van der Waals surface area (Å²) in [7, 11) is 0. The van der Waals surface area contributed by atoms with Crippen LogP contribution >= 0.6 is 0 Å². The number of nitrogens with one attached hydrogen (secondary N) is 2. The van der Waals surface area contributed by atoms with E-state index in [0.29, 0.717) is 37.5 Å². The highest BCUT2D eigenvalue weighted by Gasteiger charge is 2.15. The summed E-state index contributed by atoms with van der Waals surface area (Å²) < 4.78 is 5.24. The molecular weight excluding hydrogens is 296 g/mol. The van der Waals surface area contributed by atoms with E-state index in [1.165, 1.54) is 6.39 Å². The van der Waals surface area contributed by atoms with Crippen LogP contribution in [0.4, 0.5) is 0 Å². The zero-order valence-corrected chi connectivity index (χ0v) is 12.6. The van der Waals surface area contributed by atoms with Gasteiger partial charge in [-0.15, -0.1) is 0 Å². The molecule has 0 atom stereocenters. The van der Waals surface area contributed by atoms with Crippen LogP contribution in [0.25, 0.3) is 11.3 Å². The van der Waals surface area contributed by atoms with E-state index in [2.05, 4.69) is 15.6 Å². The Morgan fingerprint density at radius 3 is 3.13 bits per heavy atom. The van der Waals surface area contributed by atoms with E-state index >= 15 is 0 Å². The van der Waals surface area contributed by atoms with Gasteiger partial charge >= 0.3 is 0 Å². The van der Waals surface area contributed by atoms with Crippen LogP contribution in [0.2, 0.25) is 0 Å². The first-order chi connectivity index (χ1) is 11.2. The van der Waals surface area contributed by atoms with Gasteiger partial charge in [0.15, 0.2) is 12.2 Å². The molecule has 2 N–H and O–H groups in total. The molecule has 7 heteroatoms. The summed E-state index contributed by atoms with van der Waals surface area (Å²) in [6.07, 6.45) is 2.97. The highest BCUT2D eigenvalue weighted by molar-refractivity contribution is 5.95. The molecule has 0 bridgehead atoms. The van der Waals surface area contributed by atoms with Crippen molar-refractivity contribution in [2.24, 2.45) is 0 Å². The molecule has 0 saturated carbocycles. The lowest BCUT2D eigenvalue weighted by Crippen LogP contribution is -2.49. The maximum Gasteiger partial charge on any atom is 0.251 e. The Labute approximate surface area is 133 Å². The minimum Gasteiger partial charge on any atom is -0.444 e. The molecule has 1 aliphatic rings. The first kappa shape index (κ1) is 15.2. The van der Waals surface area contributed by atoms with Gasteiger partial charge in [-0.3, -0.25) is 14.5 Å². The average Bonchev–Trinajstić information content (AvgIpc) is 3.09. The first-order valence-electron chi connectivity index (χ1n) is 7.48. The van der Waals surface area contributed by atoms with Crippen molar-refractivity contribution in [3.63, 3.8) is 0 Å². The number of hydrogen-bond donors (Lipinski definition) is 2. The van der Waals surface area contributed by atoms with Crippen LogP contribution in [-0.2, 0) is 4.79 Å². The summed E-state index contributed by atoms with van der Waals surface area (Å²) in [4.78, 5) is 29.4. The minimum atomic E-state index is -0.146. The van der Waals surface area contributed by atoms with Crippen LogP contribution in [0.15, 0.2) is 41.3 Å². The van der Waals surface area contributed by atoms with Gasteiger partial charge in [0.1, 0.15) is 0 Å². The van der Waals surface area contributed by atoms with Gasteiger partial charge < -0.3 is 15.1 Å². The molecule has 1 saturated heterocycles. The molecule has 0 aliphatic carbocycles. The van der Waals surface area contributed by atoms with Crippen LogP contribution in [0.1, 0.15) is 10.4 Å². The zero-order valence-electron chi connectivity index (χ0n) is 12.6. The summed E-state index contributed by atoms with van der Waals surface area (Å²) in [5.74, 6) is 0.508. The number of aromatic nitrogens is 1. The largest absolute Gasteiger partial charge is 0.444 e. The average molecular weight is 314 g/mol. The molecule has 2 heterocycles. The third-order valence-corrected chi connectivity index (χ3v) is 3.67. The summed E-state index contributed by atoms with van der Waals surface area (Å²) >= 11 is 0. The zero-order chi connectivity index (χ0) is 16.1. The molecule has 2 amide bonds. The number of nitrogens with zero attached hydrogens (tertiary/aromatic N) is 2. The van der Waals surface area contributed by atoms with Gasteiger partial charge in [0.05, 0.1) is 12.7 Å². The van der Waals surface area contributed by atoms with E-state index in [1.54, 1.807) is 18.3 Å². The number of benzene rings is 1. The second kappa shape index (κ2) is 7.06. The Balaban J connectivity index is 1.54. The highest BCUT2D eigenvalue weighted by atomic mass is 16.3. The number of piperazine rings is 1. The number of hydrogen-bond acceptors (Lipinski definition) is 5. The normalized spacial score (nSPS) is 15.2. The van der Waals surface area contributed by atoms with Crippen molar-refractivity contribution in [1.29, 1.82) is 0 Å². The van der Waals surface area contributed by atoms with Crippen molar-refractivity contribution in [1.82, 2.24) is 20.5 Å². The topological polar surface area (TPSA) is 87.5 Å². The van der Waals surface area contributed by atoms with E-state index in [1.807, 2.05) is 17.0 Å². The van der Waals surface area contributed by atoms with Crippen molar-refractivity contribution in [2.75, 3.05) is 32.7 Å². The molecule has 23 heavy (non-hydrogen) atoms. The van der Waals surface area contributed by atoms with E-state index in [9.17, 15) is 9.59 Å². The van der Waals surface area contributed by atoms with Crippen molar-refractivity contribution in [3.05, 3.63) is 42.4 Å². The Kier molecular flexibility index (Phi) is 4.68. The highest BCUT2D eigenvalue weighted by Crippen LogP contribution is 2.19. The van der Waals surface area contributed by atoms with Gasteiger partial charge in [0.25, 0.3) is 5.91 Å². The first-order valence-corrected chi connectivity index (χ1v) is 7.48. The lowest BCUT2D eigenvalue weighted by molar-refractivity contribution is -0.124. The maximum absolute atomic E-state index is 12.2. The van der Waals surface area contributed by atoms with Crippen LogP contribution in [0, 0.1) is 0 Å². The van der Waals surface area contributed by atoms with Gasteiger partial charge in [-0.2, -0.15) is 0 Å². The molecule has 7 nitrogen and oxygen atoms in total. The van der Waals surface area contributed by atoms with E-state index in [4.69, 9.17) is 4.42 Å². The van der Waals surface area contributed by atoms with Gasteiger partial charge in [-0.05, 0) is 12.1 Å². The monoisotopic (exact) mass is 314 g/mol. The van der Waals surface area contributed by atoms with E-state index < -0.39 is 0 Å². The Morgan fingerprint density at radius 2 is 2.35 bits per heavy atom. The van der Waals surface area contributed by atoms with Gasteiger partial charge in [0, 0.05) is 37.3 Å². The predicted octanol–water partition coefficient (Wildman–Crippen LogP) is 0.503. The maximum atomic E-state index is 12.2. The Morgan fingerprint density at radius 1 is 1.43 bits per heavy atom. The third-order valence-electron chi connectivity index (χ3n) is 3.67. The SMILES string of the molecule is O=C1CN(CCNC(=O)c2cccc(-c3cnco3)c2)CCN1. The molecule has 1 aliphatic heterocycles. The van der Waals surface area contributed by atoms with Crippen LogP contribution in [0.5, 0.6) is 0 Å². The lowest BCUT2D eigenvalue weighted by Gasteiger charge is -2.26. The second-order valence-corrected chi connectivity index (χ2v) is 5.33. The molecule has 0 spiro atoms. The van der Waals surface area contributed by atoms with Crippen molar-refractivity contribution in [3.8, 4) is 11.3 Å². The fourth-order valence-electron chi connectivity index (χ4n) is 2.48. The fourth-order valence-corrected chi connectivity index (χ4v) is 2.48. The number of rotatable bonds is 5. The Hall–Kier alpha value is -2.67. The van der Waals surface area contributed by atoms with Crippen molar-refractivity contribution < 1.29 is 14.0 Å². The third kappa shape index (κ3) is 3.95. The van der Waals surface area contributed by atoms with Gasteiger partial charge in [-0.25, -0.2) is 4.98 Å². The van der Waals surface area contributed by atoms with E-state index in [0.717, 1.165) is 12.1 Å². The smallest absolute Gasteiger partial charge is 0.251 e. The quantitative estimate of drug-likeness (QED) is 0.839. The summed E-state index contributed by atoms with van der Waals surface area (Å²) in [5, 5.41) is 5.65. The molecule has 1 aromatic carbocycles. The summed E-state index contributed by atoms with van der Waals surface area (Å²) in [6.45, 7) is 3.01. The molecule has 1 fully saturated rings. The Bertz CT molecular complexity index is 684. The number of carbonyl (C=O) groups is 2. The van der Waals surface area contributed by atoms with Crippen LogP contribution < -0.4 is 10.6 Å². The standard InChI is InChI=1S/C16H18N4O3/c21-15-10-20(6-4-18-15)7-5-19-16(22)13-3-1-2-12(8-13)14-9-17-11-23-14/h1-3,8-9,11H,4-7,10H2,(H,18,21)(H,19,22). The molecule has 0 unspecified atom stereocenters. The summed E-state index contributed by atoms with van der Waals surface area (Å²) in [5.41, 5.74) is 1.37. The van der Waals surface area contributed by atoms with Crippen LogP contribution in [0.3, 0.4) is 0 Å². The minimum absolute atomic E-state index is 0.0299. The van der Waals surface area contributed by atoms with Crippen molar-refractivity contribution in [2.45, 2.75) is 0 Å². The number of amides is 2. The lowest BCUT2D eigenvalue weighted by atomic mass is 10.1. The van der Waals surface area contributed by atoms with E-state index in [-0.39, 0.29) is 11.8 Å². The number of oxazole rings is 1. The molecule has 0 radical (unpaired) electrons. The molecule has 3 rings (SSSR count). The summed E-state index contributed by atoms with van der Waals surface area (Å²) in [6, 6.07) is 7.19. The van der Waals surface area contributed by atoms with Gasteiger partial charge in [0.2, 0.25) is 5.91 Å². The second-order valence-electron chi connectivity index (χ2n) is 5.33. The molecular formula is C16H18N4O3. The molecule has 1 aromatic heterocycles. The fraction of sp³-hybridized carbons (Fsp3) is 0.312. The van der Waals surface area contributed by atoms with Crippen molar-refractivity contribution >= 4 is 11.8 Å². The van der Waals surface area contributed by atoms with Gasteiger partial charge in [-0.1, -0.05) is 12.1 Å². The predicted molar refractivity (Wildman–Crippen MR) is 83.7 cm³/mol. The molecule has 2 aromatic rings. The number of carbonyl (C=O) groups excluding carboxylic acids is 2. The van der Waals surface area contributed by atoms with Crippen LogP contribution in [-0.4, -0.2) is 54.4 Å². The molecule has 120 valence electrons.